The van der Waals surface area contributed by atoms with E-state index >= 15 is 0 Å². The molecule has 0 N–H and O–H groups in total. The Hall–Kier alpha value is -1.13. The lowest BCUT2D eigenvalue weighted by atomic mass is 10.1. The molecule has 20 heavy (non-hydrogen) atoms. The SMILES string of the molecule is CCOC(=O)Cc1nc(OC(F)(F)F)cc(I)c1CF. The average Bonchev–Trinajstić information content (AvgIpc) is 2.26. The van der Waals surface area contributed by atoms with Crippen LogP contribution in [0.25, 0.3) is 0 Å². The molecule has 1 rings (SSSR count). The number of esters is 1. The van der Waals surface area contributed by atoms with E-state index in [0.29, 0.717) is 0 Å². The summed E-state index contributed by atoms with van der Waals surface area (Å²) in [5.41, 5.74) is -0.0784. The number of rotatable bonds is 5. The van der Waals surface area contributed by atoms with Gasteiger partial charge in [-0.15, -0.1) is 13.2 Å². The molecular formula is C11H10F4INO3. The fraction of sp³-hybridized carbons (Fsp3) is 0.455. The summed E-state index contributed by atoms with van der Waals surface area (Å²) in [6.07, 6.45) is -5.33. The van der Waals surface area contributed by atoms with Gasteiger partial charge in [0.1, 0.15) is 6.67 Å². The highest BCUT2D eigenvalue weighted by Crippen LogP contribution is 2.26. The Balaban J connectivity index is 3.09. The molecule has 0 unspecified atom stereocenters. The Morgan fingerprint density at radius 1 is 1.45 bits per heavy atom. The lowest BCUT2D eigenvalue weighted by Gasteiger charge is -2.12. The Morgan fingerprint density at radius 3 is 2.60 bits per heavy atom. The van der Waals surface area contributed by atoms with E-state index in [1.165, 1.54) is 0 Å². The van der Waals surface area contributed by atoms with Crippen molar-refractivity contribution < 1.29 is 31.8 Å². The molecule has 1 heterocycles. The van der Waals surface area contributed by atoms with Crippen LogP contribution in [0.1, 0.15) is 18.2 Å². The van der Waals surface area contributed by atoms with Gasteiger partial charge in [0, 0.05) is 15.2 Å². The standard InChI is InChI=1S/C11H10F4INO3/c1-2-19-10(18)4-8-6(5-12)7(16)3-9(17-8)20-11(13,14)15/h3H,2,4-5H2,1H3. The third-order valence-corrected chi connectivity index (χ3v) is 3.07. The molecule has 4 nitrogen and oxygen atoms in total. The molecule has 0 radical (unpaired) electrons. The number of pyridine rings is 1. The number of halogens is 5. The fourth-order valence-electron chi connectivity index (χ4n) is 1.37. The maximum Gasteiger partial charge on any atom is 0.574 e. The highest BCUT2D eigenvalue weighted by molar-refractivity contribution is 14.1. The van der Waals surface area contributed by atoms with E-state index in [9.17, 15) is 22.4 Å². The van der Waals surface area contributed by atoms with Gasteiger partial charge < -0.3 is 9.47 Å². The van der Waals surface area contributed by atoms with Gasteiger partial charge in [-0.2, -0.15) is 0 Å². The van der Waals surface area contributed by atoms with Crippen molar-refractivity contribution in [1.82, 2.24) is 4.98 Å². The predicted octanol–water partition coefficient (Wildman–Crippen LogP) is 3.16. The summed E-state index contributed by atoms with van der Waals surface area (Å²) in [5, 5.41) is 0. The number of carbonyl (C=O) groups excluding carboxylic acids is 1. The van der Waals surface area contributed by atoms with Crippen LogP contribution in [-0.4, -0.2) is 23.9 Å². The minimum Gasteiger partial charge on any atom is -0.466 e. The molecule has 9 heteroatoms. The Labute approximate surface area is 125 Å². The number of ether oxygens (including phenoxy) is 2. The molecule has 1 aromatic rings. The van der Waals surface area contributed by atoms with Gasteiger partial charge in [-0.1, -0.05) is 0 Å². The second kappa shape index (κ2) is 7.04. The molecule has 0 fully saturated rings. The smallest absolute Gasteiger partial charge is 0.466 e. The van der Waals surface area contributed by atoms with Crippen LogP contribution < -0.4 is 4.74 Å². The minimum absolute atomic E-state index is 0.0492. The highest BCUT2D eigenvalue weighted by Gasteiger charge is 2.32. The number of hydrogen-bond acceptors (Lipinski definition) is 4. The zero-order valence-electron chi connectivity index (χ0n) is 10.3. The molecule has 0 aliphatic rings. The summed E-state index contributed by atoms with van der Waals surface area (Å²) >= 11 is 1.65. The van der Waals surface area contributed by atoms with Crippen molar-refractivity contribution in [2.45, 2.75) is 26.4 Å². The molecule has 1 aromatic heterocycles. The lowest BCUT2D eigenvalue weighted by molar-refractivity contribution is -0.276. The summed E-state index contributed by atoms with van der Waals surface area (Å²) < 4.78 is 57.8. The Bertz CT molecular complexity index is 493. The number of aromatic nitrogens is 1. The average molecular weight is 407 g/mol. The summed E-state index contributed by atoms with van der Waals surface area (Å²) in [6.45, 7) is 0.736. The molecule has 0 aromatic carbocycles. The maximum atomic E-state index is 12.9. The van der Waals surface area contributed by atoms with Crippen LogP contribution in [0.3, 0.4) is 0 Å². The van der Waals surface area contributed by atoms with Crippen LogP contribution in [0.15, 0.2) is 6.07 Å². The molecule has 112 valence electrons. The molecule has 0 aliphatic carbocycles. The summed E-state index contributed by atoms with van der Waals surface area (Å²) in [6, 6.07) is 0.956. The van der Waals surface area contributed by atoms with E-state index in [1.54, 1.807) is 29.5 Å². The number of alkyl halides is 4. The Morgan fingerprint density at radius 2 is 2.10 bits per heavy atom. The monoisotopic (exact) mass is 407 g/mol. The van der Waals surface area contributed by atoms with Crippen LogP contribution in [0.4, 0.5) is 17.6 Å². The van der Waals surface area contributed by atoms with Gasteiger partial charge in [-0.05, 0) is 29.5 Å². The lowest BCUT2D eigenvalue weighted by Crippen LogP contribution is -2.19. The van der Waals surface area contributed by atoms with E-state index in [-0.39, 0.29) is 21.4 Å². The van der Waals surface area contributed by atoms with Crippen molar-refractivity contribution in [3.63, 3.8) is 0 Å². The third-order valence-electron chi connectivity index (χ3n) is 2.10. The summed E-state index contributed by atoms with van der Waals surface area (Å²) in [4.78, 5) is 14.9. The maximum absolute atomic E-state index is 12.9. The predicted molar refractivity (Wildman–Crippen MR) is 68.8 cm³/mol. The molecule has 0 bridgehead atoms. The number of hydrogen-bond donors (Lipinski definition) is 0. The van der Waals surface area contributed by atoms with Crippen molar-refractivity contribution in [1.29, 1.82) is 0 Å². The van der Waals surface area contributed by atoms with E-state index < -0.39 is 31.3 Å². The fourth-order valence-corrected chi connectivity index (χ4v) is 2.09. The van der Waals surface area contributed by atoms with Crippen LogP contribution >= 0.6 is 22.6 Å². The first-order chi connectivity index (χ1) is 9.26. The van der Waals surface area contributed by atoms with Crippen LogP contribution in [0.5, 0.6) is 5.88 Å². The third kappa shape index (κ3) is 5.10. The van der Waals surface area contributed by atoms with Crippen molar-refractivity contribution >= 4 is 28.6 Å². The molecular weight excluding hydrogens is 397 g/mol. The zero-order valence-corrected chi connectivity index (χ0v) is 12.4. The summed E-state index contributed by atoms with van der Waals surface area (Å²) in [5.74, 6) is -1.44. The first-order valence-electron chi connectivity index (χ1n) is 5.42. The van der Waals surface area contributed by atoms with Gasteiger partial charge in [0.15, 0.2) is 0 Å². The first kappa shape index (κ1) is 16.9. The van der Waals surface area contributed by atoms with E-state index in [1.807, 2.05) is 0 Å². The van der Waals surface area contributed by atoms with Gasteiger partial charge in [0.2, 0.25) is 5.88 Å². The largest absolute Gasteiger partial charge is 0.574 e. The quantitative estimate of drug-likeness (QED) is 0.428. The molecule has 0 saturated heterocycles. The first-order valence-corrected chi connectivity index (χ1v) is 6.50. The Kier molecular flexibility index (Phi) is 5.96. The molecule has 0 atom stereocenters. The van der Waals surface area contributed by atoms with E-state index in [0.717, 1.165) is 6.07 Å². The second-order valence-corrected chi connectivity index (χ2v) is 4.69. The topological polar surface area (TPSA) is 48.4 Å². The van der Waals surface area contributed by atoms with Gasteiger partial charge in [-0.25, -0.2) is 9.37 Å². The zero-order chi connectivity index (χ0) is 15.3. The van der Waals surface area contributed by atoms with Crippen molar-refractivity contribution in [2.75, 3.05) is 6.61 Å². The molecule has 0 amide bonds. The number of carbonyl (C=O) groups is 1. The molecule has 0 spiro atoms. The van der Waals surface area contributed by atoms with Crippen LogP contribution in [0, 0.1) is 3.57 Å². The van der Waals surface area contributed by atoms with Crippen molar-refractivity contribution in [3.05, 3.63) is 20.9 Å². The molecule has 0 saturated carbocycles. The van der Waals surface area contributed by atoms with Crippen molar-refractivity contribution in [3.8, 4) is 5.88 Å². The van der Waals surface area contributed by atoms with Crippen LogP contribution in [-0.2, 0) is 22.6 Å². The van der Waals surface area contributed by atoms with Crippen LogP contribution in [0.2, 0.25) is 0 Å². The van der Waals surface area contributed by atoms with Gasteiger partial charge in [-0.3, -0.25) is 4.79 Å². The molecule has 0 aliphatic heterocycles. The van der Waals surface area contributed by atoms with E-state index in [2.05, 4.69) is 14.5 Å². The van der Waals surface area contributed by atoms with Gasteiger partial charge in [0.25, 0.3) is 0 Å². The van der Waals surface area contributed by atoms with Crippen molar-refractivity contribution in [2.24, 2.45) is 0 Å². The minimum atomic E-state index is -4.91. The van der Waals surface area contributed by atoms with Gasteiger partial charge >= 0.3 is 12.3 Å². The highest BCUT2D eigenvalue weighted by atomic mass is 127. The number of nitrogens with zero attached hydrogens (tertiary/aromatic N) is 1. The van der Waals surface area contributed by atoms with Gasteiger partial charge in [0.05, 0.1) is 18.7 Å². The second-order valence-electron chi connectivity index (χ2n) is 3.53. The normalized spacial score (nSPS) is 11.3. The van der Waals surface area contributed by atoms with E-state index in [4.69, 9.17) is 0 Å². The summed E-state index contributed by atoms with van der Waals surface area (Å²) in [7, 11) is 0.